The normalized spacial score (nSPS) is 11.5. The Balaban J connectivity index is 3.14. The molecule has 0 aromatic carbocycles. The van der Waals surface area contributed by atoms with E-state index >= 15 is 0 Å². The monoisotopic (exact) mass is 107 g/mol. The van der Waals surface area contributed by atoms with Gasteiger partial charge in [-0.25, -0.2) is 0 Å². The topological polar surface area (TPSA) is 35.2 Å². The summed E-state index contributed by atoms with van der Waals surface area (Å²) < 4.78 is 0. The second-order valence-corrected chi connectivity index (χ2v) is 1.44. The Hall–Kier alpha value is -0.210. The molecule has 3 heteroatoms. The van der Waals surface area contributed by atoms with E-state index in [9.17, 15) is 0 Å². The number of halogens is 1. The molecule has 0 radical (unpaired) electrons. The van der Waals surface area contributed by atoms with Crippen molar-refractivity contribution in [3.8, 4) is 0 Å². The molecule has 0 bridgehead atoms. The van der Waals surface area contributed by atoms with E-state index in [-0.39, 0.29) is 0 Å². The summed E-state index contributed by atoms with van der Waals surface area (Å²) in [6.45, 7) is 1.68. The Morgan fingerprint density at radius 3 is 2.50 bits per heavy atom. The molecule has 0 aliphatic heterocycles. The average molecular weight is 108 g/mol. The van der Waals surface area contributed by atoms with Crippen LogP contribution in [0.5, 0.6) is 0 Å². The Kier molecular flexibility index (Phi) is 2.89. The number of rotatable bonds is 1. The summed E-state index contributed by atoms with van der Waals surface area (Å²) in [6, 6.07) is 0. The summed E-state index contributed by atoms with van der Waals surface area (Å²) in [6.07, 6.45) is 1.25. The lowest BCUT2D eigenvalue weighted by molar-refractivity contribution is 0.260. The first-order valence-electron chi connectivity index (χ1n) is 1.45. The minimum atomic E-state index is 0.539. The molecule has 2 nitrogen and oxygen atoms in total. The molecule has 0 rings (SSSR count). The predicted octanol–water partition coefficient (Wildman–Crippen LogP) is 0.977. The zero-order valence-electron chi connectivity index (χ0n) is 3.44. The van der Waals surface area contributed by atoms with E-state index in [0.717, 1.165) is 0 Å². The van der Waals surface area contributed by atoms with Gasteiger partial charge in [0, 0.05) is 0 Å². The van der Waals surface area contributed by atoms with Crippen LogP contribution < -0.4 is 5.90 Å². The minimum Gasteiger partial charge on any atom is -0.418 e. The zero-order chi connectivity index (χ0) is 4.99. The van der Waals surface area contributed by atoms with Crippen LogP contribution in [-0.2, 0) is 4.84 Å². The molecule has 0 atom stereocenters. The van der Waals surface area contributed by atoms with Crippen LogP contribution in [0, 0.1) is 0 Å². The Labute approximate surface area is 41.5 Å². The Morgan fingerprint density at radius 2 is 2.50 bits per heavy atom. The van der Waals surface area contributed by atoms with Crippen LogP contribution >= 0.6 is 11.6 Å². The van der Waals surface area contributed by atoms with Crippen molar-refractivity contribution >= 4 is 11.6 Å². The summed E-state index contributed by atoms with van der Waals surface area (Å²) in [4.78, 5) is 4.01. The molecule has 0 aromatic rings. The van der Waals surface area contributed by atoms with Gasteiger partial charge in [-0.15, -0.1) is 0 Å². The van der Waals surface area contributed by atoms with Crippen molar-refractivity contribution in [2.45, 2.75) is 6.92 Å². The van der Waals surface area contributed by atoms with Crippen molar-refractivity contribution in [1.29, 1.82) is 0 Å². The third kappa shape index (κ3) is 3.79. The van der Waals surface area contributed by atoms with Gasteiger partial charge in [-0.3, -0.25) is 0 Å². The molecule has 0 aliphatic rings. The van der Waals surface area contributed by atoms with Crippen LogP contribution in [0.15, 0.2) is 11.3 Å². The summed E-state index contributed by atoms with van der Waals surface area (Å²) in [5.41, 5.74) is 0. The molecule has 0 spiro atoms. The zero-order valence-corrected chi connectivity index (χ0v) is 4.20. The van der Waals surface area contributed by atoms with Crippen LogP contribution in [0.4, 0.5) is 0 Å². The van der Waals surface area contributed by atoms with Crippen molar-refractivity contribution < 1.29 is 4.84 Å². The van der Waals surface area contributed by atoms with Gasteiger partial charge in [0.1, 0.15) is 6.26 Å². The van der Waals surface area contributed by atoms with E-state index in [4.69, 9.17) is 11.6 Å². The first-order chi connectivity index (χ1) is 2.77. The molecule has 0 saturated heterocycles. The van der Waals surface area contributed by atoms with Gasteiger partial charge in [0.05, 0.1) is 5.03 Å². The van der Waals surface area contributed by atoms with Gasteiger partial charge in [-0.05, 0) is 6.92 Å². The van der Waals surface area contributed by atoms with Gasteiger partial charge in [0.15, 0.2) is 0 Å². The van der Waals surface area contributed by atoms with Crippen LogP contribution in [0.25, 0.3) is 0 Å². The standard InChI is InChI=1S/C3H6ClNO/c1-3(4)2-6-5/h2H,5H2,1H3. The number of hydrogen-bond donors (Lipinski definition) is 1. The minimum absolute atomic E-state index is 0.539. The van der Waals surface area contributed by atoms with Crippen LogP contribution in [-0.4, -0.2) is 0 Å². The molecule has 0 aliphatic carbocycles. The van der Waals surface area contributed by atoms with Gasteiger partial charge < -0.3 is 4.84 Å². The highest BCUT2D eigenvalue weighted by atomic mass is 35.5. The first-order valence-corrected chi connectivity index (χ1v) is 1.83. The smallest absolute Gasteiger partial charge is 0.125 e. The Morgan fingerprint density at radius 1 is 2.00 bits per heavy atom. The van der Waals surface area contributed by atoms with Crippen LogP contribution in [0.2, 0.25) is 0 Å². The summed E-state index contributed by atoms with van der Waals surface area (Å²) in [5, 5.41) is 0.539. The fourth-order valence-corrected chi connectivity index (χ4v) is 0.145. The van der Waals surface area contributed by atoms with Crippen LogP contribution in [0.1, 0.15) is 6.92 Å². The molecule has 0 aromatic heterocycles. The quantitative estimate of drug-likeness (QED) is 0.401. The lowest BCUT2D eigenvalue weighted by Gasteiger charge is -1.82. The Bertz CT molecular complexity index is 57.8. The van der Waals surface area contributed by atoms with E-state index in [1.54, 1.807) is 6.92 Å². The van der Waals surface area contributed by atoms with E-state index in [2.05, 4.69) is 10.7 Å². The summed E-state index contributed by atoms with van der Waals surface area (Å²) >= 11 is 5.23. The fraction of sp³-hybridized carbons (Fsp3) is 0.333. The fourth-order valence-electron chi connectivity index (χ4n) is 0.0938. The highest BCUT2D eigenvalue weighted by Gasteiger charge is 1.71. The van der Waals surface area contributed by atoms with Gasteiger partial charge in [0.25, 0.3) is 0 Å². The first kappa shape index (κ1) is 5.79. The van der Waals surface area contributed by atoms with Crippen molar-refractivity contribution in [2.24, 2.45) is 5.90 Å². The molecule has 6 heavy (non-hydrogen) atoms. The molecule has 0 fully saturated rings. The third-order valence-electron chi connectivity index (χ3n) is 0.230. The lowest BCUT2D eigenvalue weighted by atomic mass is 10.7. The van der Waals surface area contributed by atoms with Gasteiger partial charge in [-0.1, -0.05) is 11.6 Å². The number of allylic oxidation sites excluding steroid dienone is 1. The maximum atomic E-state index is 5.23. The van der Waals surface area contributed by atoms with Gasteiger partial charge in [0.2, 0.25) is 0 Å². The molecule has 0 unspecified atom stereocenters. The van der Waals surface area contributed by atoms with E-state index in [1.165, 1.54) is 6.26 Å². The molecular formula is C3H6ClNO. The molecular weight excluding hydrogens is 101 g/mol. The van der Waals surface area contributed by atoms with Gasteiger partial charge >= 0.3 is 0 Å². The lowest BCUT2D eigenvalue weighted by Crippen LogP contribution is -1.87. The van der Waals surface area contributed by atoms with Crippen LogP contribution in [0.3, 0.4) is 0 Å². The average Bonchev–Trinajstić information content (AvgIpc) is 1.35. The van der Waals surface area contributed by atoms with Crippen molar-refractivity contribution in [3.63, 3.8) is 0 Å². The van der Waals surface area contributed by atoms with E-state index in [1.807, 2.05) is 0 Å². The van der Waals surface area contributed by atoms with E-state index < -0.39 is 0 Å². The molecule has 0 amide bonds. The van der Waals surface area contributed by atoms with Crippen molar-refractivity contribution in [3.05, 3.63) is 11.3 Å². The predicted molar refractivity (Wildman–Crippen MR) is 24.9 cm³/mol. The van der Waals surface area contributed by atoms with Crippen molar-refractivity contribution in [1.82, 2.24) is 0 Å². The molecule has 2 N–H and O–H groups in total. The number of nitrogens with two attached hydrogens (primary N) is 1. The maximum Gasteiger partial charge on any atom is 0.125 e. The largest absolute Gasteiger partial charge is 0.418 e. The second-order valence-electron chi connectivity index (χ2n) is 0.841. The number of hydrogen-bond acceptors (Lipinski definition) is 2. The maximum absolute atomic E-state index is 5.23. The highest BCUT2D eigenvalue weighted by molar-refractivity contribution is 6.29. The molecule has 0 saturated carbocycles. The molecule has 0 heterocycles. The molecule has 36 valence electrons. The van der Waals surface area contributed by atoms with E-state index in [0.29, 0.717) is 5.03 Å². The van der Waals surface area contributed by atoms with Crippen molar-refractivity contribution in [2.75, 3.05) is 0 Å². The summed E-state index contributed by atoms with van der Waals surface area (Å²) in [5.74, 6) is 4.57. The SMILES string of the molecule is CC(Cl)=CON. The summed E-state index contributed by atoms with van der Waals surface area (Å²) in [7, 11) is 0. The third-order valence-corrected chi connectivity index (χ3v) is 0.320. The van der Waals surface area contributed by atoms with Gasteiger partial charge in [-0.2, -0.15) is 5.90 Å². The second kappa shape index (κ2) is 3.00. The highest BCUT2D eigenvalue weighted by Crippen LogP contribution is 1.94.